The van der Waals surface area contributed by atoms with E-state index in [1.807, 2.05) is 22.8 Å². The minimum Gasteiger partial charge on any atom is -0.330 e. The van der Waals surface area contributed by atoms with Crippen LogP contribution in [0, 0.1) is 10.6 Å². The predicted octanol–water partition coefficient (Wildman–Crippen LogP) is 5.30. The number of imidazole rings is 1. The van der Waals surface area contributed by atoms with Crippen molar-refractivity contribution in [3.8, 4) is 0 Å². The molecule has 0 bridgehead atoms. The van der Waals surface area contributed by atoms with Crippen LogP contribution in [-0.2, 0) is 6.54 Å². The highest BCUT2D eigenvalue weighted by atomic mass is 35.5. The molecule has 3 aromatic rings. The fraction of sp³-hybridized carbons (Fsp3) is 0.188. The molecule has 0 aliphatic heterocycles. The Bertz CT molecular complexity index is 839. The molecule has 0 spiro atoms. The third kappa shape index (κ3) is 2.74. The molecule has 1 heterocycles. The molecule has 5 heteroatoms. The minimum atomic E-state index is -0.441. The Hall–Kier alpha value is -1.65. The molecule has 1 aromatic heterocycles. The molecular weight excluding hydrogens is 307 g/mol. The van der Waals surface area contributed by atoms with Gasteiger partial charge in [0.25, 0.3) is 0 Å². The molecule has 0 amide bonds. The molecule has 3 rings (SSSR count). The van der Waals surface area contributed by atoms with Gasteiger partial charge in [0.1, 0.15) is 5.82 Å². The molecule has 1 atom stereocenters. The molecule has 0 aliphatic rings. The first-order valence-corrected chi connectivity index (χ1v) is 7.47. The number of benzene rings is 2. The van der Waals surface area contributed by atoms with Crippen molar-refractivity contribution in [1.82, 2.24) is 9.55 Å². The van der Waals surface area contributed by atoms with Gasteiger partial charge in [0.05, 0.1) is 16.1 Å². The molecule has 1 N–H and O–H groups in total. The van der Waals surface area contributed by atoms with Gasteiger partial charge in [0.2, 0.25) is 0 Å². The monoisotopic (exact) mass is 320 g/mol. The fourth-order valence-electron chi connectivity index (χ4n) is 2.49. The zero-order valence-electron chi connectivity index (χ0n) is 11.4. The number of nitrogens with zero attached hydrogens (tertiary/aromatic N) is 1. The molecule has 1 unspecified atom stereocenters. The first kappa shape index (κ1) is 14.3. The molecule has 0 saturated carbocycles. The van der Waals surface area contributed by atoms with Crippen molar-refractivity contribution < 1.29 is 4.39 Å². The summed E-state index contributed by atoms with van der Waals surface area (Å²) in [4.78, 5) is 3.03. The lowest BCUT2D eigenvalue weighted by molar-refractivity contribution is 0.604. The number of hydrogen-bond donors (Lipinski definition) is 1. The average molecular weight is 321 g/mol. The summed E-state index contributed by atoms with van der Waals surface area (Å²) in [7, 11) is 0. The summed E-state index contributed by atoms with van der Waals surface area (Å²) >= 11 is 11.2. The Morgan fingerprint density at radius 2 is 2.00 bits per heavy atom. The lowest BCUT2D eigenvalue weighted by atomic mass is 10.0. The van der Waals surface area contributed by atoms with Crippen molar-refractivity contribution in [1.29, 1.82) is 0 Å². The van der Waals surface area contributed by atoms with Gasteiger partial charge in [-0.05, 0) is 29.8 Å². The largest absolute Gasteiger partial charge is 0.330 e. The Labute approximate surface area is 132 Å². The lowest BCUT2D eigenvalue weighted by Crippen LogP contribution is -2.06. The van der Waals surface area contributed by atoms with Gasteiger partial charge in [-0.2, -0.15) is 0 Å². The third-order valence-electron chi connectivity index (χ3n) is 3.64. The topological polar surface area (TPSA) is 20.7 Å². The first-order chi connectivity index (χ1) is 10.1. The van der Waals surface area contributed by atoms with Crippen molar-refractivity contribution in [2.24, 2.45) is 0 Å². The van der Waals surface area contributed by atoms with Crippen molar-refractivity contribution >= 4 is 34.9 Å². The van der Waals surface area contributed by atoms with E-state index in [0.717, 1.165) is 5.52 Å². The number of rotatable bonds is 3. The SMILES string of the molecule is CC(Cn1c(=S)[nH]c2cc(F)c(Cl)cc21)c1ccccc1. The number of hydrogen-bond acceptors (Lipinski definition) is 1. The maximum atomic E-state index is 13.5. The summed E-state index contributed by atoms with van der Waals surface area (Å²) < 4.78 is 16.1. The van der Waals surface area contributed by atoms with E-state index in [2.05, 4.69) is 24.0 Å². The van der Waals surface area contributed by atoms with Gasteiger partial charge in [0.15, 0.2) is 4.77 Å². The summed E-state index contributed by atoms with van der Waals surface area (Å²) in [5, 5.41) is 0.109. The van der Waals surface area contributed by atoms with Crippen LogP contribution in [0.2, 0.25) is 5.02 Å². The molecule has 108 valence electrons. The average Bonchev–Trinajstić information content (AvgIpc) is 2.76. The Kier molecular flexibility index (Phi) is 3.83. The van der Waals surface area contributed by atoms with Crippen molar-refractivity contribution in [3.05, 3.63) is 63.6 Å². The van der Waals surface area contributed by atoms with Crippen molar-refractivity contribution in [3.63, 3.8) is 0 Å². The van der Waals surface area contributed by atoms with Crippen LogP contribution in [0.4, 0.5) is 4.39 Å². The van der Waals surface area contributed by atoms with Crippen LogP contribution < -0.4 is 0 Å². The van der Waals surface area contributed by atoms with Crippen LogP contribution in [0.15, 0.2) is 42.5 Å². The van der Waals surface area contributed by atoms with Gasteiger partial charge in [-0.3, -0.25) is 0 Å². The Morgan fingerprint density at radius 3 is 2.71 bits per heavy atom. The van der Waals surface area contributed by atoms with E-state index in [9.17, 15) is 4.39 Å². The zero-order valence-corrected chi connectivity index (χ0v) is 13.0. The van der Waals surface area contributed by atoms with Gasteiger partial charge in [-0.25, -0.2) is 4.39 Å². The van der Waals surface area contributed by atoms with Crippen LogP contribution >= 0.6 is 23.8 Å². The van der Waals surface area contributed by atoms with Gasteiger partial charge >= 0.3 is 0 Å². The highest BCUT2D eigenvalue weighted by Crippen LogP contribution is 2.25. The molecule has 21 heavy (non-hydrogen) atoms. The van der Waals surface area contributed by atoms with Crippen LogP contribution in [0.1, 0.15) is 18.4 Å². The van der Waals surface area contributed by atoms with Crippen LogP contribution in [0.25, 0.3) is 11.0 Å². The minimum absolute atomic E-state index is 0.109. The Morgan fingerprint density at radius 1 is 1.29 bits per heavy atom. The molecular formula is C16H14ClFN2S. The van der Waals surface area contributed by atoms with E-state index in [-0.39, 0.29) is 5.02 Å². The fourth-order valence-corrected chi connectivity index (χ4v) is 2.93. The smallest absolute Gasteiger partial charge is 0.178 e. The highest BCUT2D eigenvalue weighted by Gasteiger charge is 2.12. The lowest BCUT2D eigenvalue weighted by Gasteiger charge is -2.13. The number of aromatic nitrogens is 2. The standard InChI is InChI=1S/C16H14ClFN2S/c1-10(11-5-3-2-4-6-11)9-20-15-7-12(17)13(18)8-14(15)19-16(20)21/h2-8,10H,9H2,1H3,(H,19,21). The first-order valence-electron chi connectivity index (χ1n) is 6.69. The van der Waals surface area contributed by atoms with Crippen LogP contribution in [-0.4, -0.2) is 9.55 Å². The van der Waals surface area contributed by atoms with Crippen LogP contribution in [0.3, 0.4) is 0 Å². The number of fused-ring (bicyclic) bond motifs is 1. The van der Waals surface area contributed by atoms with E-state index in [4.69, 9.17) is 23.8 Å². The summed E-state index contributed by atoms with van der Waals surface area (Å²) in [6.45, 7) is 2.85. The second-order valence-corrected chi connectivity index (χ2v) is 5.93. The maximum Gasteiger partial charge on any atom is 0.178 e. The van der Waals surface area contributed by atoms with Crippen molar-refractivity contribution in [2.75, 3.05) is 0 Å². The molecule has 2 nitrogen and oxygen atoms in total. The van der Waals surface area contributed by atoms with E-state index < -0.39 is 5.82 Å². The summed E-state index contributed by atoms with van der Waals surface area (Å²) in [5.41, 5.74) is 2.73. The number of H-pyrrole nitrogens is 1. The number of nitrogens with one attached hydrogen (secondary N) is 1. The molecule has 0 fully saturated rings. The predicted molar refractivity (Wildman–Crippen MR) is 86.9 cm³/mol. The quantitative estimate of drug-likeness (QED) is 0.650. The summed E-state index contributed by atoms with van der Waals surface area (Å²) in [6.07, 6.45) is 0. The third-order valence-corrected chi connectivity index (χ3v) is 4.25. The van der Waals surface area contributed by atoms with Gasteiger partial charge in [-0.1, -0.05) is 48.9 Å². The normalized spacial score (nSPS) is 12.7. The van der Waals surface area contributed by atoms with E-state index in [1.165, 1.54) is 11.6 Å². The Balaban J connectivity index is 2.03. The van der Waals surface area contributed by atoms with E-state index in [1.54, 1.807) is 6.07 Å². The number of halogens is 2. The number of aromatic amines is 1. The second-order valence-electron chi connectivity index (χ2n) is 5.14. The van der Waals surface area contributed by atoms with Crippen LogP contribution in [0.5, 0.6) is 0 Å². The summed E-state index contributed by atoms with van der Waals surface area (Å²) in [5.74, 6) is -0.149. The van der Waals surface area contributed by atoms with E-state index >= 15 is 0 Å². The molecule has 0 aliphatic carbocycles. The summed E-state index contributed by atoms with van der Waals surface area (Å²) in [6, 6.07) is 13.2. The highest BCUT2D eigenvalue weighted by molar-refractivity contribution is 7.71. The second kappa shape index (κ2) is 5.62. The van der Waals surface area contributed by atoms with Crippen molar-refractivity contribution in [2.45, 2.75) is 19.4 Å². The molecule has 2 aromatic carbocycles. The molecule has 0 saturated heterocycles. The van der Waals surface area contributed by atoms with Gasteiger partial charge < -0.3 is 9.55 Å². The maximum absolute atomic E-state index is 13.5. The van der Waals surface area contributed by atoms with E-state index in [0.29, 0.717) is 22.8 Å². The molecule has 0 radical (unpaired) electrons. The van der Waals surface area contributed by atoms with Gasteiger partial charge in [0, 0.05) is 12.6 Å². The van der Waals surface area contributed by atoms with Gasteiger partial charge in [-0.15, -0.1) is 0 Å². The zero-order chi connectivity index (χ0) is 15.0.